The third-order valence-electron chi connectivity index (χ3n) is 4.73. The summed E-state index contributed by atoms with van der Waals surface area (Å²) in [6, 6.07) is 0. The van der Waals surface area contributed by atoms with Gasteiger partial charge in [-0.05, 0) is 6.92 Å². The SMILES string of the molecule is CC[NH+]1CC[NH+](Cc2nc3c([nH]2)c(=O)n(C)c(=O)n3C)CC1. The zero-order valence-corrected chi connectivity index (χ0v) is 13.4. The van der Waals surface area contributed by atoms with Gasteiger partial charge in [-0.2, -0.15) is 0 Å². The van der Waals surface area contributed by atoms with Crippen LogP contribution < -0.4 is 21.0 Å². The minimum atomic E-state index is -0.344. The molecule has 0 bridgehead atoms. The fraction of sp³-hybridized carbons (Fsp3) is 0.643. The van der Waals surface area contributed by atoms with Crippen LogP contribution in [0.4, 0.5) is 0 Å². The van der Waals surface area contributed by atoms with Gasteiger partial charge in [0, 0.05) is 14.1 Å². The van der Waals surface area contributed by atoms with Crippen LogP contribution in [0, 0.1) is 0 Å². The maximum absolute atomic E-state index is 12.2. The lowest BCUT2D eigenvalue weighted by molar-refractivity contribution is -1.02. The largest absolute Gasteiger partial charge is 0.332 e. The van der Waals surface area contributed by atoms with E-state index in [4.69, 9.17) is 0 Å². The number of imidazole rings is 1. The smallest absolute Gasteiger partial charge is 0.331 e. The molecule has 0 radical (unpaired) electrons. The van der Waals surface area contributed by atoms with Gasteiger partial charge in [0.25, 0.3) is 5.56 Å². The normalized spacial score (nSPS) is 22.3. The fourth-order valence-corrected chi connectivity index (χ4v) is 3.18. The molecule has 8 heteroatoms. The van der Waals surface area contributed by atoms with Crippen molar-refractivity contribution in [2.24, 2.45) is 14.1 Å². The third-order valence-corrected chi connectivity index (χ3v) is 4.73. The van der Waals surface area contributed by atoms with Gasteiger partial charge < -0.3 is 14.8 Å². The topological polar surface area (TPSA) is 81.6 Å². The van der Waals surface area contributed by atoms with Crippen LogP contribution in [0.2, 0.25) is 0 Å². The van der Waals surface area contributed by atoms with Gasteiger partial charge in [0.05, 0.1) is 6.54 Å². The van der Waals surface area contributed by atoms with Crippen LogP contribution in [-0.2, 0) is 20.6 Å². The van der Waals surface area contributed by atoms with Gasteiger partial charge in [-0.25, -0.2) is 9.78 Å². The fourth-order valence-electron chi connectivity index (χ4n) is 3.18. The van der Waals surface area contributed by atoms with Crippen LogP contribution >= 0.6 is 0 Å². The van der Waals surface area contributed by atoms with Crippen molar-refractivity contribution in [2.45, 2.75) is 13.5 Å². The van der Waals surface area contributed by atoms with E-state index in [0.717, 1.165) is 30.0 Å². The molecule has 22 heavy (non-hydrogen) atoms. The molecule has 0 unspecified atom stereocenters. The first-order valence-corrected chi connectivity index (χ1v) is 7.83. The number of hydrogen-bond acceptors (Lipinski definition) is 3. The first kappa shape index (κ1) is 15.0. The molecular weight excluding hydrogens is 284 g/mol. The van der Waals surface area contributed by atoms with Gasteiger partial charge in [-0.3, -0.25) is 13.9 Å². The highest BCUT2D eigenvalue weighted by Gasteiger charge is 2.23. The standard InChI is InChI=1S/C14H22N6O2/c1-4-19-5-7-20(8-6-19)9-10-15-11-12(16-10)17(2)14(22)18(3)13(11)21/h4-9H2,1-3H3,(H,15,16)/p+2. The molecule has 3 N–H and O–H groups in total. The summed E-state index contributed by atoms with van der Waals surface area (Å²) >= 11 is 0. The lowest BCUT2D eigenvalue weighted by atomic mass is 10.3. The van der Waals surface area contributed by atoms with E-state index in [1.807, 2.05) is 0 Å². The highest BCUT2D eigenvalue weighted by atomic mass is 16.2. The van der Waals surface area contributed by atoms with Crippen LogP contribution in [0.5, 0.6) is 0 Å². The second-order valence-corrected chi connectivity index (χ2v) is 6.12. The molecule has 120 valence electrons. The zero-order valence-electron chi connectivity index (χ0n) is 13.4. The molecule has 0 saturated carbocycles. The molecule has 2 aromatic rings. The van der Waals surface area contributed by atoms with Gasteiger partial charge in [0.1, 0.15) is 38.2 Å². The number of aryl methyl sites for hydroxylation is 1. The number of likely N-dealkylation sites (N-methyl/N-ethyl adjacent to an activating group) is 1. The van der Waals surface area contributed by atoms with E-state index in [9.17, 15) is 9.59 Å². The number of quaternary nitrogens is 2. The van der Waals surface area contributed by atoms with E-state index in [1.54, 1.807) is 11.9 Å². The second kappa shape index (κ2) is 5.69. The van der Waals surface area contributed by atoms with Crippen molar-refractivity contribution in [3.63, 3.8) is 0 Å². The summed E-state index contributed by atoms with van der Waals surface area (Å²) < 4.78 is 2.53. The summed E-state index contributed by atoms with van der Waals surface area (Å²) in [5.41, 5.74) is 0.201. The Morgan fingerprint density at radius 2 is 1.73 bits per heavy atom. The minimum Gasteiger partial charge on any atom is -0.331 e. The highest BCUT2D eigenvalue weighted by molar-refractivity contribution is 5.69. The Labute approximate surface area is 128 Å². The van der Waals surface area contributed by atoms with Crippen molar-refractivity contribution in [1.82, 2.24) is 19.1 Å². The van der Waals surface area contributed by atoms with Crippen LogP contribution in [-0.4, -0.2) is 51.8 Å². The molecule has 0 atom stereocenters. The number of piperazine rings is 1. The maximum atomic E-state index is 12.2. The van der Waals surface area contributed by atoms with Crippen LogP contribution in [0.1, 0.15) is 12.7 Å². The van der Waals surface area contributed by atoms with Crippen molar-refractivity contribution in [3.8, 4) is 0 Å². The molecule has 1 aliphatic rings. The molecule has 0 aromatic carbocycles. The van der Waals surface area contributed by atoms with E-state index in [-0.39, 0.29) is 11.2 Å². The lowest BCUT2D eigenvalue weighted by Gasteiger charge is -2.28. The summed E-state index contributed by atoms with van der Waals surface area (Å²) in [5, 5.41) is 0. The van der Waals surface area contributed by atoms with Gasteiger partial charge in [0.15, 0.2) is 11.5 Å². The molecule has 1 aliphatic heterocycles. The van der Waals surface area contributed by atoms with E-state index in [2.05, 4.69) is 16.9 Å². The first-order valence-electron chi connectivity index (χ1n) is 7.83. The Hall–Kier alpha value is -1.93. The first-order chi connectivity index (χ1) is 10.5. The third kappa shape index (κ3) is 2.48. The Morgan fingerprint density at radius 1 is 1.09 bits per heavy atom. The predicted octanol–water partition coefficient (Wildman–Crippen LogP) is -3.74. The van der Waals surface area contributed by atoms with Gasteiger partial charge in [-0.1, -0.05) is 0 Å². The molecule has 3 heterocycles. The molecule has 8 nitrogen and oxygen atoms in total. The average Bonchev–Trinajstić information content (AvgIpc) is 2.95. The van der Waals surface area contributed by atoms with Gasteiger partial charge in [-0.15, -0.1) is 0 Å². The Balaban J connectivity index is 1.87. The summed E-state index contributed by atoms with van der Waals surface area (Å²) in [7, 11) is 3.13. The molecular formula is C14H24N6O2+2. The summed E-state index contributed by atoms with van der Waals surface area (Å²) in [6.45, 7) is 8.72. The number of aromatic amines is 1. The van der Waals surface area contributed by atoms with Gasteiger partial charge in [0.2, 0.25) is 0 Å². The molecule has 1 saturated heterocycles. The summed E-state index contributed by atoms with van der Waals surface area (Å²) in [5.74, 6) is 0.781. The van der Waals surface area contributed by atoms with E-state index in [0.29, 0.717) is 11.2 Å². The van der Waals surface area contributed by atoms with Crippen LogP contribution in [0.15, 0.2) is 9.59 Å². The number of nitrogens with zero attached hydrogens (tertiary/aromatic N) is 3. The van der Waals surface area contributed by atoms with Crippen molar-refractivity contribution in [1.29, 1.82) is 0 Å². The highest BCUT2D eigenvalue weighted by Crippen LogP contribution is 2.03. The molecule has 0 amide bonds. The monoisotopic (exact) mass is 308 g/mol. The maximum Gasteiger partial charge on any atom is 0.332 e. The Kier molecular flexibility index (Phi) is 3.88. The molecule has 2 aromatic heterocycles. The van der Waals surface area contributed by atoms with Crippen LogP contribution in [0.25, 0.3) is 11.2 Å². The average molecular weight is 308 g/mol. The molecule has 3 rings (SSSR count). The lowest BCUT2D eigenvalue weighted by Crippen LogP contribution is -3.27. The quantitative estimate of drug-likeness (QED) is 0.545. The number of nitrogens with one attached hydrogen (secondary N) is 3. The number of aromatic nitrogens is 4. The van der Waals surface area contributed by atoms with E-state index < -0.39 is 0 Å². The van der Waals surface area contributed by atoms with Crippen molar-refractivity contribution in [2.75, 3.05) is 32.7 Å². The number of fused-ring (bicyclic) bond motifs is 1. The van der Waals surface area contributed by atoms with E-state index >= 15 is 0 Å². The molecule has 0 spiro atoms. The Bertz CT molecular complexity index is 794. The Morgan fingerprint density at radius 3 is 2.36 bits per heavy atom. The number of hydrogen-bond donors (Lipinski definition) is 3. The summed E-state index contributed by atoms with van der Waals surface area (Å²) in [6.07, 6.45) is 0. The predicted molar refractivity (Wildman–Crippen MR) is 82.2 cm³/mol. The van der Waals surface area contributed by atoms with E-state index in [1.165, 1.54) is 36.1 Å². The summed E-state index contributed by atoms with van der Waals surface area (Å²) in [4.78, 5) is 34.8. The van der Waals surface area contributed by atoms with Gasteiger partial charge >= 0.3 is 5.69 Å². The van der Waals surface area contributed by atoms with Crippen molar-refractivity contribution in [3.05, 3.63) is 26.7 Å². The number of H-pyrrole nitrogens is 1. The zero-order chi connectivity index (χ0) is 15.9. The van der Waals surface area contributed by atoms with Crippen LogP contribution in [0.3, 0.4) is 0 Å². The minimum absolute atomic E-state index is 0.313. The van der Waals surface area contributed by atoms with Crippen molar-refractivity contribution < 1.29 is 9.80 Å². The number of rotatable bonds is 3. The van der Waals surface area contributed by atoms with Crippen molar-refractivity contribution >= 4 is 11.2 Å². The molecule has 0 aliphatic carbocycles. The molecule has 1 fully saturated rings. The second-order valence-electron chi connectivity index (χ2n) is 6.12.